The summed E-state index contributed by atoms with van der Waals surface area (Å²) in [4.78, 5) is 15.4. The molecule has 4 heterocycles. The molecule has 1 aliphatic carbocycles. The molecule has 0 spiro atoms. The number of nitrogens with zero attached hydrogens (tertiary/aromatic N) is 8. The molecular formula is C24H34N10O2. The summed E-state index contributed by atoms with van der Waals surface area (Å²) >= 11 is 0. The zero-order chi connectivity index (χ0) is 25.1. The predicted molar refractivity (Wildman–Crippen MR) is 137 cm³/mol. The highest BCUT2D eigenvalue weighted by atomic mass is 16.5. The number of aliphatic hydroxyl groups excluding tert-OH is 1. The van der Waals surface area contributed by atoms with Crippen LogP contribution in [0.3, 0.4) is 0 Å². The van der Waals surface area contributed by atoms with Gasteiger partial charge in [-0.25, -0.2) is 14.5 Å². The van der Waals surface area contributed by atoms with Crippen molar-refractivity contribution in [1.82, 2.24) is 39.7 Å². The van der Waals surface area contributed by atoms with Gasteiger partial charge in [0, 0.05) is 38.3 Å². The number of fused-ring (bicyclic) bond motifs is 2. The quantitative estimate of drug-likeness (QED) is 0.264. The Labute approximate surface area is 209 Å². The zero-order valence-corrected chi connectivity index (χ0v) is 20.8. The second-order valence-electron chi connectivity index (χ2n) is 9.28. The van der Waals surface area contributed by atoms with Crippen molar-refractivity contribution in [3.63, 3.8) is 0 Å². The molecule has 4 N–H and O–H groups in total. The number of anilines is 2. The molecule has 12 nitrogen and oxygen atoms in total. The minimum Gasteiger partial charge on any atom is -0.395 e. The monoisotopic (exact) mass is 494 g/mol. The van der Waals surface area contributed by atoms with Crippen LogP contribution in [-0.4, -0.2) is 78.4 Å². The summed E-state index contributed by atoms with van der Waals surface area (Å²) in [5.74, 6) is 0.843. The first-order chi connectivity index (χ1) is 17.6. The Bertz CT molecular complexity index is 1310. The number of nitrogens with one attached hydrogen (secondary N) is 1. The highest BCUT2D eigenvalue weighted by Gasteiger charge is 2.28. The molecule has 4 aromatic rings. The molecule has 192 valence electrons. The summed E-state index contributed by atoms with van der Waals surface area (Å²) in [5.41, 5.74) is 10.2. The minimum atomic E-state index is 0.0234. The zero-order valence-electron chi connectivity index (χ0n) is 20.8. The number of ether oxygens (including phenoxy) is 1. The molecule has 36 heavy (non-hydrogen) atoms. The molecule has 0 aromatic carbocycles. The molecule has 0 radical (unpaired) electrons. The normalized spacial score (nSPS) is 17.6. The lowest BCUT2D eigenvalue weighted by Crippen LogP contribution is -2.44. The molecule has 0 saturated heterocycles. The van der Waals surface area contributed by atoms with E-state index < -0.39 is 0 Å². The van der Waals surface area contributed by atoms with Crippen LogP contribution in [0.2, 0.25) is 0 Å². The Morgan fingerprint density at radius 1 is 1.25 bits per heavy atom. The topological polar surface area (TPSA) is 145 Å². The molecule has 1 fully saturated rings. The highest BCUT2D eigenvalue weighted by Crippen LogP contribution is 2.25. The maximum atomic E-state index is 9.58. The van der Waals surface area contributed by atoms with E-state index in [1.165, 1.54) is 0 Å². The van der Waals surface area contributed by atoms with Gasteiger partial charge in [0.05, 0.1) is 31.1 Å². The van der Waals surface area contributed by atoms with Crippen molar-refractivity contribution in [2.45, 2.75) is 57.8 Å². The van der Waals surface area contributed by atoms with E-state index in [9.17, 15) is 5.11 Å². The van der Waals surface area contributed by atoms with Crippen molar-refractivity contribution < 1.29 is 9.84 Å². The van der Waals surface area contributed by atoms with Gasteiger partial charge in [-0.1, -0.05) is 19.4 Å². The predicted octanol–water partition coefficient (Wildman–Crippen LogP) is 1.37. The van der Waals surface area contributed by atoms with E-state index in [4.69, 9.17) is 15.6 Å². The fourth-order valence-corrected chi connectivity index (χ4v) is 4.67. The lowest BCUT2D eigenvalue weighted by Gasteiger charge is -2.34. The number of methoxy groups -OCH3 is 1. The summed E-state index contributed by atoms with van der Waals surface area (Å²) in [6.07, 6.45) is 7.90. The Morgan fingerprint density at radius 2 is 2.11 bits per heavy atom. The first-order valence-corrected chi connectivity index (χ1v) is 12.5. The smallest absolute Gasteiger partial charge is 0.222 e. The molecule has 1 aliphatic rings. The largest absolute Gasteiger partial charge is 0.395 e. The highest BCUT2D eigenvalue weighted by molar-refractivity contribution is 5.86. The molecule has 5 rings (SSSR count). The van der Waals surface area contributed by atoms with E-state index in [0.717, 1.165) is 49.1 Å². The van der Waals surface area contributed by atoms with E-state index in [1.807, 2.05) is 20.3 Å². The van der Waals surface area contributed by atoms with Gasteiger partial charge < -0.3 is 25.8 Å². The van der Waals surface area contributed by atoms with Crippen molar-refractivity contribution in [2.24, 2.45) is 0 Å². The lowest BCUT2D eigenvalue weighted by molar-refractivity contribution is 0.0168. The first kappa shape index (κ1) is 24.3. The fraction of sp³-hybridized carbons (Fsp3) is 0.542. The maximum Gasteiger partial charge on any atom is 0.222 e. The molecule has 0 bridgehead atoms. The van der Waals surface area contributed by atoms with Crippen LogP contribution in [0.4, 0.5) is 11.8 Å². The minimum absolute atomic E-state index is 0.0234. The molecule has 0 atom stereocenters. The molecule has 0 unspecified atom stereocenters. The summed E-state index contributed by atoms with van der Waals surface area (Å²) in [5, 5.41) is 22.4. The SMILES string of the molecule is CCCCN(CCO)c1nc(N)nc2cn(Cc3ccc(CNC4CC(OC)C4)n4ncnc34)nc12. The second-order valence-corrected chi connectivity index (χ2v) is 9.28. The number of hydrogen-bond donors (Lipinski definition) is 3. The Kier molecular flexibility index (Phi) is 7.25. The molecule has 1 saturated carbocycles. The van der Waals surface area contributed by atoms with Gasteiger partial charge in [0.2, 0.25) is 5.95 Å². The molecule has 0 amide bonds. The number of unbranched alkanes of at least 4 members (excludes halogenated alkanes) is 1. The Morgan fingerprint density at radius 3 is 2.89 bits per heavy atom. The Hall–Kier alpha value is -3.35. The van der Waals surface area contributed by atoms with E-state index in [1.54, 1.807) is 13.4 Å². The number of rotatable bonds is 12. The van der Waals surface area contributed by atoms with Crippen molar-refractivity contribution in [3.8, 4) is 0 Å². The van der Waals surface area contributed by atoms with Crippen molar-refractivity contribution in [1.29, 1.82) is 0 Å². The second kappa shape index (κ2) is 10.7. The molecular weight excluding hydrogens is 460 g/mol. The number of aromatic nitrogens is 7. The van der Waals surface area contributed by atoms with E-state index in [0.29, 0.717) is 48.6 Å². The number of aliphatic hydroxyl groups is 1. The number of hydrogen-bond acceptors (Lipinski definition) is 10. The van der Waals surface area contributed by atoms with Crippen LogP contribution in [0.15, 0.2) is 24.7 Å². The average Bonchev–Trinajstić information content (AvgIpc) is 3.49. The summed E-state index contributed by atoms with van der Waals surface area (Å²) in [6.45, 7) is 4.59. The van der Waals surface area contributed by atoms with Crippen LogP contribution in [0, 0.1) is 0 Å². The van der Waals surface area contributed by atoms with Crippen molar-refractivity contribution in [2.75, 3.05) is 37.4 Å². The van der Waals surface area contributed by atoms with Gasteiger partial charge in [-0.05, 0) is 25.3 Å². The first-order valence-electron chi connectivity index (χ1n) is 12.5. The van der Waals surface area contributed by atoms with Gasteiger partial charge in [0.25, 0.3) is 0 Å². The van der Waals surface area contributed by atoms with E-state index in [2.05, 4.69) is 44.4 Å². The van der Waals surface area contributed by atoms with Gasteiger partial charge >= 0.3 is 0 Å². The van der Waals surface area contributed by atoms with Gasteiger partial charge in [0.15, 0.2) is 17.0 Å². The van der Waals surface area contributed by atoms with Crippen LogP contribution < -0.4 is 16.0 Å². The van der Waals surface area contributed by atoms with Gasteiger partial charge in [0.1, 0.15) is 11.8 Å². The fourth-order valence-electron chi connectivity index (χ4n) is 4.67. The van der Waals surface area contributed by atoms with Crippen LogP contribution in [0.5, 0.6) is 0 Å². The van der Waals surface area contributed by atoms with Gasteiger partial charge in [-0.15, -0.1) is 0 Å². The number of pyridine rings is 1. The van der Waals surface area contributed by atoms with Crippen molar-refractivity contribution in [3.05, 3.63) is 35.9 Å². The summed E-state index contributed by atoms with van der Waals surface area (Å²) in [7, 11) is 1.76. The standard InChI is InChI=1S/C24H34N10O2/c1-3-4-7-32(8-9-35)23-21-20(29-24(25)30-23)14-33(31-21)13-16-5-6-18(34-22(16)27-15-28-34)12-26-17-10-19(11-17)36-2/h5-6,14-15,17,19,26,35H,3-4,7-13H2,1-2H3,(H2,25,29). The number of nitrogen functional groups attached to an aromatic ring is 1. The van der Waals surface area contributed by atoms with Crippen LogP contribution >= 0.6 is 0 Å². The molecule has 12 heteroatoms. The van der Waals surface area contributed by atoms with Gasteiger partial charge in [-0.3, -0.25) is 4.68 Å². The third-order valence-corrected chi connectivity index (χ3v) is 6.78. The van der Waals surface area contributed by atoms with E-state index in [-0.39, 0.29) is 12.6 Å². The van der Waals surface area contributed by atoms with Crippen LogP contribution in [0.1, 0.15) is 43.9 Å². The van der Waals surface area contributed by atoms with E-state index >= 15 is 0 Å². The van der Waals surface area contributed by atoms with Gasteiger partial charge in [-0.2, -0.15) is 15.2 Å². The molecule has 4 aromatic heterocycles. The average molecular weight is 495 g/mol. The lowest BCUT2D eigenvalue weighted by atomic mass is 9.89. The summed E-state index contributed by atoms with van der Waals surface area (Å²) < 4.78 is 9.09. The maximum absolute atomic E-state index is 9.58. The van der Waals surface area contributed by atoms with Crippen LogP contribution in [0.25, 0.3) is 16.7 Å². The number of nitrogens with two attached hydrogens (primary N) is 1. The summed E-state index contributed by atoms with van der Waals surface area (Å²) in [6, 6.07) is 4.62. The molecule has 0 aliphatic heterocycles. The van der Waals surface area contributed by atoms with Crippen molar-refractivity contribution >= 4 is 28.4 Å². The third-order valence-electron chi connectivity index (χ3n) is 6.78. The Balaban J connectivity index is 1.38. The third kappa shape index (κ3) is 4.97. The van der Waals surface area contributed by atoms with Crippen LogP contribution in [-0.2, 0) is 17.8 Å².